The van der Waals surface area contributed by atoms with Gasteiger partial charge in [-0.25, -0.2) is 0 Å². The molecule has 4 N–H and O–H groups in total. The fraction of sp³-hybridized carbons (Fsp3) is 0.333. The minimum Gasteiger partial charge on any atom is -0.409 e. The van der Waals surface area contributed by atoms with E-state index in [-0.39, 0.29) is 24.5 Å². The van der Waals surface area contributed by atoms with Gasteiger partial charge in [0, 0.05) is 11.3 Å². The third-order valence-corrected chi connectivity index (χ3v) is 2.12. The molecule has 1 rings (SSSR count). The molecule has 0 spiro atoms. The number of benzene rings is 1. The van der Waals surface area contributed by atoms with Gasteiger partial charge in [-0.2, -0.15) is 0 Å². The monoisotopic (exact) mass is 251 g/mol. The highest BCUT2D eigenvalue weighted by atomic mass is 16.5. The molecule has 0 bridgehead atoms. The maximum absolute atomic E-state index is 11.5. The van der Waals surface area contributed by atoms with Crippen LogP contribution in [0.5, 0.6) is 0 Å². The Hall–Kier alpha value is -2.08. The summed E-state index contributed by atoms with van der Waals surface area (Å²) in [6, 6.07) is 6.63. The molecule has 0 saturated heterocycles. The molecule has 0 atom stereocenters. The predicted molar refractivity (Wildman–Crippen MR) is 68.7 cm³/mol. The van der Waals surface area contributed by atoms with Crippen LogP contribution in [0.2, 0.25) is 0 Å². The zero-order valence-electron chi connectivity index (χ0n) is 10.4. The van der Waals surface area contributed by atoms with Crippen molar-refractivity contribution in [3.63, 3.8) is 0 Å². The van der Waals surface area contributed by atoms with Gasteiger partial charge in [0.15, 0.2) is 5.84 Å². The molecule has 0 aliphatic rings. The van der Waals surface area contributed by atoms with Crippen LogP contribution in [0.1, 0.15) is 19.4 Å². The number of amides is 1. The first-order valence-electron chi connectivity index (χ1n) is 5.52. The van der Waals surface area contributed by atoms with E-state index < -0.39 is 0 Å². The average molecular weight is 251 g/mol. The predicted octanol–water partition coefficient (Wildman–Crippen LogP) is 1.14. The summed E-state index contributed by atoms with van der Waals surface area (Å²) >= 11 is 0. The number of rotatable bonds is 5. The normalized spacial score (nSPS) is 11.6. The molecule has 0 saturated carbocycles. The lowest BCUT2D eigenvalue weighted by Crippen LogP contribution is -2.20. The van der Waals surface area contributed by atoms with E-state index in [9.17, 15) is 4.79 Å². The van der Waals surface area contributed by atoms with Crippen molar-refractivity contribution in [2.75, 3.05) is 11.9 Å². The van der Waals surface area contributed by atoms with Gasteiger partial charge in [0.05, 0.1) is 6.10 Å². The van der Waals surface area contributed by atoms with Crippen LogP contribution < -0.4 is 11.1 Å². The molecule has 0 aliphatic carbocycles. The second-order valence-electron chi connectivity index (χ2n) is 3.97. The Labute approximate surface area is 105 Å². The largest absolute Gasteiger partial charge is 0.409 e. The molecule has 6 heteroatoms. The Kier molecular flexibility index (Phi) is 5.13. The van der Waals surface area contributed by atoms with Crippen molar-refractivity contribution in [1.29, 1.82) is 0 Å². The van der Waals surface area contributed by atoms with Crippen LogP contribution in [-0.2, 0) is 9.53 Å². The first-order chi connectivity index (χ1) is 8.52. The summed E-state index contributed by atoms with van der Waals surface area (Å²) in [6.07, 6.45) is 0.0127. The molecule has 0 aliphatic heterocycles. The van der Waals surface area contributed by atoms with Gasteiger partial charge in [0.2, 0.25) is 5.91 Å². The summed E-state index contributed by atoms with van der Waals surface area (Å²) in [6.45, 7) is 3.73. The van der Waals surface area contributed by atoms with Gasteiger partial charge in [-0.05, 0) is 38.1 Å². The van der Waals surface area contributed by atoms with E-state index in [2.05, 4.69) is 10.5 Å². The molecule has 1 amide bonds. The lowest BCUT2D eigenvalue weighted by Gasteiger charge is -2.08. The van der Waals surface area contributed by atoms with Crippen LogP contribution in [0.3, 0.4) is 0 Å². The number of anilines is 1. The van der Waals surface area contributed by atoms with Crippen LogP contribution in [0, 0.1) is 0 Å². The van der Waals surface area contributed by atoms with Crippen molar-refractivity contribution in [2.45, 2.75) is 20.0 Å². The van der Waals surface area contributed by atoms with Crippen LogP contribution in [0.4, 0.5) is 5.69 Å². The first-order valence-corrected chi connectivity index (χ1v) is 5.52. The van der Waals surface area contributed by atoms with Gasteiger partial charge in [-0.1, -0.05) is 5.16 Å². The lowest BCUT2D eigenvalue weighted by atomic mass is 10.2. The van der Waals surface area contributed by atoms with E-state index in [1.54, 1.807) is 24.3 Å². The highest BCUT2D eigenvalue weighted by Gasteiger charge is 2.04. The Morgan fingerprint density at radius 1 is 1.44 bits per heavy atom. The SMILES string of the molecule is CC(C)OCC(=O)Nc1ccc(/C(N)=N/O)cc1. The van der Waals surface area contributed by atoms with Gasteiger partial charge < -0.3 is 21.0 Å². The van der Waals surface area contributed by atoms with Crippen molar-refractivity contribution < 1.29 is 14.7 Å². The summed E-state index contributed by atoms with van der Waals surface area (Å²) in [5.41, 5.74) is 6.62. The highest BCUT2D eigenvalue weighted by Crippen LogP contribution is 2.09. The van der Waals surface area contributed by atoms with Crippen LogP contribution in [0.25, 0.3) is 0 Å². The minimum atomic E-state index is -0.222. The average Bonchev–Trinajstić information content (AvgIpc) is 2.36. The van der Waals surface area contributed by atoms with Gasteiger partial charge >= 0.3 is 0 Å². The molecular formula is C12H17N3O3. The fourth-order valence-electron chi connectivity index (χ4n) is 1.22. The maximum Gasteiger partial charge on any atom is 0.250 e. The Morgan fingerprint density at radius 2 is 2.06 bits per heavy atom. The second kappa shape index (κ2) is 6.61. The lowest BCUT2D eigenvalue weighted by molar-refractivity contribution is -0.121. The number of ether oxygens (including phenoxy) is 1. The topological polar surface area (TPSA) is 96.9 Å². The summed E-state index contributed by atoms with van der Waals surface area (Å²) in [7, 11) is 0. The van der Waals surface area contributed by atoms with Gasteiger partial charge in [-0.15, -0.1) is 0 Å². The Morgan fingerprint density at radius 3 is 2.56 bits per heavy atom. The van der Waals surface area contributed by atoms with Gasteiger partial charge in [-0.3, -0.25) is 4.79 Å². The summed E-state index contributed by atoms with van der Waals surface area (Å²) in [5.74, 6) is -0.198. The second-order valence-corrected chi connectivity index (χ2v) is 3.97. The highest BCUT2D eigenvalue weighted by molar-refractivity contribution is 5.98. The smallest absolute Gasteiger partial charge is 0.250 e. The number of carbonyl (C=O) groups excluding carboxylic acids is 1. The van der Waals surface area contributed by atoms with E-state index in [0.29, 0.717) is 11.3 Å². The zero-order valence-corrected chi connectivity index (χ0v) is 10.4. The van der Waals surface area contributed by atoms with E-state index in [1.165, 1.54) is 0 Å². The number of oxime groups is 1. The number of carbonyl (C=O) groups is 1. The fourth-order valence-corrected chi connectivity index (χ4v) is 1.22. The zero-order chi connectivity index (χ0) is 13.5. The molecule has 6 nitrogen and oxygen atoms in total. The molecule has 0 heterocycles. The number of hydrogen-bond acceptors (Lipinski definition) is 4. The summed E-state index contributed by atoms with van der Waals surface area (Å²) < 4.78 is 5.17. The van der Waals surface area contributed by atoms with Crippen molar-refractivity contribution in [2.24, 2.45) is 10.9 Å². The third-order valence-electron chi connectivity index (χ3n) is 2.12. The third kappa shape index (κ3) is 4.42. The number of hydrogen-bond donors (Lipinski definition) is 3. The van der Waals surface area contributed by atoms with Crippen molar-refractivity contribution in [1.82, 2.24) is 0 Å². The van der Waals surface area contributed by atoms with E-state index in [1.807, 2.05) is 13.8 Å². The van der Waals surface area contributed by atoms with Crippen LogP contribution >= 0.6 is 0 Å². The van der Waals surface area contributed by atoms with E-state index in [4.69, 9.17) is 15.7 Å². The van der Waals surface area contributed by atoms with Crippen molar-refractivity contribution in [3.05, 3.63) is 29.8 Å². The first kappa shape index (κ1) is 14.0. The van der Waals surface area contributed by atoms with Crippen molar-refractivity contribution in [3.8, 4) is 0 Å². The molecule has 0 fully saturated rings. The number of nitrogens with one attached hydrogen (secondary N) is 1. The molecule has 0 aromatic heterocycles. The van der Waals surface area contributed by atoms with E-state index >= 15 is 0 Å². The van der Waals surface area contributed by atoms with E-state index in [0.717, 1.165) is 0 Å². The van der Waals surface area contributed by atoms with Crippen LogP contribution in [-0.4, -0.2) is 29.7 Å². The molecule has 98 valence electrons. The molecule has 1 aromatic carbocycles. The molecule has 18 heavy (non-hydrogen) atoms. The minimum absolute atomic E-state index is 0.0127. The molecular weight excluding hydrogens is 234 g/mol. The number of nitrogens with zero attached hydrogens (tertiary/aromatic N) is 1. The Balaban J connectivity index is 2.56. The summed E-state index contributed by atoms with van der Waals surface area (Å²) in [5, 5.41) is 14.1. The number of nitrogens with two attached hydrogens (primary N) is 1. The molecule has 0 radical (unpaired) electrons. The van der Waals surface area contributed by atoms with Gasteiger partial charge in [0.1, 0.15) is 6.61 Å². The molecule has 1 aromatic rings. The molecule has 0 unspecified atom stereocenters. The van der Waals surface area contributed by atoms with Gasteiger partial charge in [0.25, 0.3) is 0 Å². The maximum atomic E-state index is 11.5. The standard InChI is InChI=1S/C12H17N3O3/c1-8(2)18-7-11(16)14-10-5-3-9(4-6-10)12(13)15-17/h3-6,8,17H,7H2,1-2H3,(H2,13,15)(H,14,16). The number of amidine groups is 1. The summed E-state index contributed by atoms with van der Waals surface area (Å²) in [4.78, 5) is 11.5. The Bertz CT molecular complexity index is 427. The quantitative estimate of drug-likeness (QED) is 0.316. The van der Waals surface area contributed by atoms with Crippen LogP contribution in [0.15, 0.2) is 29.4 Å². The van der Waals surface area contributed by atoms with Crippen molar-refractivity contribution >= 4 is 17.4 Å².